The summed E-state index contributed by atoms with van der Waals surface area (Å²) in [5, 5.41) is 0. The Labute approximate surface area is 75.2 Å². The molecule has 0 atom stereocenters. The molecule has 0 aromatic rings. The van der Waals surface area contributed by atoms with Gasteiger partial charge in [-0.05, 0) is 25.7 Å². The van der Waals surface area contributed by atoms with E-state index in [-0.39, 0.29) is 0 Å². The van der Waals surface area contributed by atoms with Gasteiger partial charge in [0.2, 0.25) is 0 Å². The van der Waals surface area contributed by atoms with Crippen LogP contribution >= 0.6 is 0 Å². The second kappa shape index (κ2) is 10.4. The largest absolute Gasteiger partial charge is 0.216 e. The van der Waals surface area contributed by atoms with Gasteiger partial charge in [-0.1, -0.05) is 38.0 Å². The molecule has 0 rings (SSSR count). The molecule has 0 aliphatic heterocycles. The van der Waals surface area contributed by atoms with Gasteiger partial charge in [-0.15, -0.1) is 0 Å². The summed E-state index contributed by atoms with van der Waals surface area (Å²) >= 11 is 0. The summed E-state index contributed by atoms with van der Waals surface area (Å²) in [6.45, 7) is 2.19. The quantitative estimate of drug-likeness (QED) is 0.393. The first-order chi connectivity index (χ1) is 5.91. The first-order valence-corrected chi connectivity index (χ1v) is 4.82. The van der Waals surface area contributed by atoms with Gasteiger partial charge in [0.25, 0.3) is 0 Å². The van der Waals surface area contributed by atoms with E-state index in [2.05, 4.69) is 19.1 Å². The van der Waals surface area contributed by atoms with Crippen LogP contribution in [-0.2, 0) is 0 Å². The Hall–Kier alpha value is -0.590. The van der Waals surface area contributed by atoms with Crippen LogP contribution in [0.2, 0.25) is 0 Å². The lowest BCUT2D eigenvalue weighted by atomic mass is 10.2. The lowest BCUT2D eigenvalue weighted by molar-refractivity contribution is 0.708. The molecule has 0 bridgehead atoms. The lowest BCUT2D eigenvalue weighted by Gasteiger charge is -1.90. The molecule has 0 fully saturated rings. The summed E-state index contributed by atoms with van der Waals surface area (Å²) in [6.07, 6.45) is 13.3. The average molecular weight is 170 g/mol. The SMILES string of the molecule is CCCC/C=C\CCC/C=C\F. The van der Waals surface area contributed by atoms with E-state index in [1.165, 1.54) is 19.3 Å². The number of unbranched alkanes of at least 4 members (excludes halogenated alkanes) is 4. The molecule has 0 aromatic carbocycles. The highest BCUT2D eigenvalue weighted by Crippen LogP contribution is 2.00. The molecule has 0 aromatic heterocycles. The van der Waals surface area contributed by atoms with Crippen LogP contribution in [-0.4, -0.2) is 0 Å². The molecule has 0 heterocycles. The summed E-state index contributed by atoms with van der Waals surface area (Å²) in [7, 11) is 0. The maximum Gasteiger partial charge on any atom is 0.0827 e. The van der Waals surface area contributed by atoms with Crippen molar-refractivity contribution in [1.29, 1.82) is 0 Å². The Bertz CT molecular complexity index is 125. The van der Waals surface area contributed by atoms with Crippen LogP contribution in [0.1, 0.15) is 45.4 Å². The van der Waals surface area contributed by atoms with Crippen LogP contribution in [0.4, 0.5) is 4.39 Å². The minimum atomic E-state index is 0.626. The van der Waals surface area contributed by atoms with Crippen molar-refractivity contribution in [3.8, 4) is 0 Å². The zero-order chi connectivity index (χ0) is 9.07. The smallest absolute Gasteiger partial charge is 0.0827 e. The first-order valence-electron chi connectivity index (χ1n) is 4.82. The van der Waals surface area contributed by atoms with Crippen LogP contribution < -0.4 is 0 Å². The van der Waals surface area contributed by atoms with E-state index >= 15 is 0 Å². The molecule has 0 saturated heterocycles. The highest BCUT2D eigenvalue weighted by Gasteiger charge is 1.81. The predicted molar refractivity (Wildman–Crippen MR) is 52.8 cm³/mol. The number of allylic oxidation sites excluding steroid dienone is 3. The van der Waals surface area contributed by atoms with Crippen molar-refractivity contribution in [3.05, 3.63) is 24.6 Å². The maximum absolute atomic E-state index is 11.5. The predicted octanol–water partition coefficient (Wildman–Crippen LogP) is 4.39. The van der Waals surface area contributed by atoms with Crippen molar-refractivity contribution >= 4 is 0 Å². The van der Waals surface area contributed by atoms with Crippen LogP contribution in [0.5, 0.6) is 0 Å². The number of halogens is 1. The van der Waals surface area contributed by atoms with Gasteiger partial charge in [-0.3, -0.25) is 0 Å². The van der Waals surface area contributed by atoms with Crippen molar-refractivity contribution in [3.63, 3.8) is 0 Å². The fraction of sp³-hybridized carbons (Fsp3) is 0.636. The Morgan fingerprint density at radius 2 is 1.50 bits per heavy atom. The molecule has 0 aliphatic carbocycles. The first kappa shape index (κ1) is 11.4. The van der Waals surface area contributed by atoms with Crippen LogP contribution in [0.15, 0.2) is 24.6 Å². The van der Waals surface area contributed by atoms with Crippen LogP contribution in [0.3, 0.4) is 0 Å². The number of rotatable bonds is 7. The lowest BCUT2D eigenvalue weighted by Crippen LogP contribution is -1.70. The monoisotopic (exact) mass is 170 g/mol. The Balaban J connectivity index is 3.02. The van der Waals surface area contributed by atoms with E-state index in [9.17, 15) is 4.39 Å². The van der Waals surface area contributed by atoms with E-state index in [0.717, 1.165) is 19.3 Å². The summed E-state index contributed by atoms with van der Waals surface area (Å²) in [5.41, 5.74) is 0. The van der Waals surface area contributed by atoms with Gasteiger partial charge in [0.05, 0.1) is 6.33 Å². The number of hydrogen-bond acceptors (Lipinski definition) is 0. The van der Waals surface area contributed by atoms with Crippen LogP contribution in [0, 0.1) is 0 Å². The van der Waals surface area contributed by atoms with Gasteiger partial charge in [0, 0.05) is 0 Å². The second-order valence-electron chi connectivity index (χ2n) is 2.91. The standard InChI is InChI=1S/C11H19F/c1-2-3-4-5-6-7-8-9-10-11-12/h5-6,10-11H,2-4,7-9H2,1H3/b6-5-,11-10-. The molecule has 0 saturated carbocycles. The highest BCUT2D eigenvalue weighted by molar-refractivity contribution is 4.82. The third kappa shape index (κ3) is 9.41. The third-order valence-corrected chi connectivity index (χ3v) is 1.72. The molecule has 70 valence electrons. The molecule has 0 spiro atoms. The topological polar surface area (TPSA) is 0 Å². The molecular formula is C11H19F. The third-order valence-electron chi connectivity index (χ3n) is 1.72. The minimum absolute atomic E-state index is 0.626. The average Bonchev–Trinajstić information content (AvgIpc) is 2.10. The molecule has 0 N–H and O–H groups in total. The van der Waals surface area contributed by atoms with Gasteiger partial charge in [0.1, 0.15) is 0 Å². The van der Waals surface area contributed by atoms with Gasteiger partial charge in [0.15, 0.2) is 0 Å². The van der Waals surface area contributed by atoms with Crippen LogP contribution in [0.25, 0.3) is 0 Å². The normalized spacial score (nSPS) is 11.8. The summed E-state index contributed by atoms with van der Waals surface area (Å²) in [6, 6.07) is 0. The van der Waals surface area contributed by atoms with E-state index in [0.29, 0.717) is 6.33 Å². The zero-order valence-corrected chi connectivity index (χ0v) is 7.93. The summed E-state index contributed by atoms with van der Waals surface area (Å²) < 4.78 is 11.5. The molecule has 12 heavy (non-hydrogen) atoms. The van der Waals surface area contributed by atoms with Crippen molar-refractivity contribution in [2.24, 2.45) is 0 Å². The summed E-state index contributed by atoms with van der Waals surface area (Å²) in [5.74, 6) is 0. The maximum atomic E-state index is 11.5. The van der Waals surface area contributed by atoms with E-state index in [1.54, 1.807) is 6.08 Å². The van der Waals surface area contributed by atoms with E-state index < -0.39 is 0 Å². The van der Waals surface area contributed by atoms with Crippen molar-refractivity contribution in [2.45, 2.75) is 45.4 Å². The van der Waals surface area contributed by atoms with Crippen molar-refractivity contribution in [1.82, 2.24) is 0 Å². The van der Waals surface area contributed by atoms with Gasteiger partial charge in [-0.25, -0.2) is 4.39 Å². The number of hydrogen-bond donors (Lipinski definition) is 0. The molecular weight excluding hydrogens is 151 g/mol. The molecule has 0 radical (unpaired) electrons. The van der Waals surface area contributed by atoms with Gasteiger partial charge >= 0.3 is 0 Å². The van der Waals surface area contributed by atoms with Crippen molar-refractivity contribution in [2.75, 3.05) is 0 Å². The van der Waals surface area contributed by atoms with E-state index in [4.69, 9.17) is 0 Å². The molecule has 1 heteroatoms. The fourth-order valence-electron chi connectivity index (χ4n) is 0.974. The Morgan fingerprint density at radius 1 is 0.917 bits per heavy atom. The van der Waals surface area contributed by atoms with Gasteiger partial charge in [-0.2, -0.15) is 0 Å². The summed E-state index contributed by atoms with van der Waals surface area (Å²) in [4.78, 5) is 0. The van der Waals surface area contributed by atoms with Gasteiger partial charge < -0.3 is 0 Å². The molecule has 0 nitrogen and oxygen atoms in total. The molecule has 0 amide bonds. The van der Waals surface area contributed by atoms with E-state index in [1.807, 2.05) is 0 Å². The fourth-order valence-corrected chi connectivity index (χ4v) is 0.974. The van der Waals surface area contributed by atoms with Crippen molar-refractivity contribution < 1.29 is 4.39 Å². The zero-order valence-electron chi connectivity index (χ0n) is 7.93. The Morgan fingerprint density at radius 3 is 2.08 bits per heavy atom. The second-order valence-corrected chi connectivity index (χ2v) is 2.91. The highest BCUT2D eigenvalue weighted by atomic mass is 19.1. The minimum Gasteiger partial charge on any atom is -0.216 e. The molecule has 0 unspecified atom stereocenters. The Kier molecular flexibility index (Phi) is 9.90. The molecule has 0 aliphatic rings.